The van der Waals surface area contributed by atoms with E-state index in [1.807, 2.05) is 23.7 Å². The molecule has 1 aliphatic rings. The molecule has 1 aromatic carbocycles. The summed E-state index contributed by atoms with van der Waals surface area (Å²) in [4.78, 5) is 13.9. The van der Waals surface area contributed by atoms with Crippen LogP contribution in [-0.2, 0) is 36.7 Å². The molecule has 35 heavy (non-hydrogen) atoms. The summed E-state index contributed by atoms with van der Waals surface area (Å²) in [5, 5.41) is 22.3. The molecule has 0 aliphatic heterocycles. The van der Waals surface area contributed by atoms with Gasteiger partial charge in [0.15, 0.2) is 11.0 Å². The molecule has 0 bridgehead atoms. The summed E-state index contributed by atoms with van der Waals surface area (Å²) < 4.78 is 7.73. The van der Waals surface area contributed by atoms with E-state index in [4.69, 9.17) is 4.74 Å². The van der Waals surface area contributed by atoms with E-state index in [1.54, 1.807) is 11.3 Å². The Kier molecular flexibility index (Phi) is 7.53. The zero-order valence-corrected chi connectivity index (χ0v) is 22.5. The van der Waals surface area contributed by atoms with Crippen LogP contribution in [-0.4, -0.2) is 26.4 Å². The van der Waals surface area contributed by atoms with Crippen molar-refractivity contribution in [2.45, 2.75) is 64.1 Å². The van der Waals surface area contributed by atoms with E-state index in [-0.39, 0.29) is 23.7 Å². The molecule has 1 amide bonds. The standard InChI is InChI=1S/C26H31N5O2S2/c1-16-6-11-19-20(13-27)24(35-21(19)12-16)28-23(32)15-34-25-30-29-22(31(25)5)14-33-18-9-7-17(8-10-18)26(2,3)4/h7-10,16H,6,11-12,14-15H2,1-5H3,(H,28,32). The molecule has 0 radical (unpaired) electrons. The Morgan fingerprint density at radius 3 is 2.74 bits per heavy atom. The fraction of sp³-hybridized carbons (Fsp3) is 0.462. The number of thioether (sulfide) groups is 1. The third-order valence-corrected chi connectivity index (χ3v) is 8.41. The fourth-order valence-corrected chi connectivity index (χ4v) is 6.15. The first-order chi connectivity index (χ1) is 16.7. The van der Waals surface area contributed by atoms with Gasteiger partial charge in [-0.2, -0.15) is 5.26 Å². The van der Waals surface area contributed by atoms with Crippen molar-refractivity contribution in [1.82, 2.24) is 14.8 Å². The number of carbonyl (C=O) groups is 1. The molecule has 184 valence electrons. The first-order valence-electron chi connectivity index (χ1n) is 11.7. The lowest BCUT2D eigenvalue weighted by Crippen LogP contribution is -2.14. The largest absolute Gasteiger partial charge is 0.486 e. The van der Waals surface area contributed by atoms with Crippen LogP contribution >= 0.6 is 23.1 Å². The van der Waals surface area contributed by atoms with Crippen molar-refractivity contribution >= 4 is 34.0 Å². The van der Waals surface area contributed by atoms with Gasteiger partial charge in [-0.15, -0.1) is 21.5 Å². The maximum absolute atomic E-state index is 12.6. The molecule has 0 fully saturated rings. The number of carbonyl (C=O) groups excluding carboxylic acids is 1. The van der Waals surface area contributed by atoms with Gasteiger partial charge < -0.3 is 14.6 Å². The lowest BCUT2D eigenvalue weighted by molar-refractivity contribution is -0.113. The van der Waals surface area contributed by atoms with Gasteiger partial charge in [-0.1, -0.05) is 51.6 Å². The Morgan fingerprint density at radius 2 is 2.06 bits per heavy atom. The summed E-state index contributed by atoms with van der Waals surface area (Å²) >= 11 is 2.85. The van der Waals surface area contributed by atoms with Gasteiger partial charge in [-0.3, -0.25) is 4.79 Å². The molecular weight excluding hydrogens is 478 g/mol. The molecule has 1 atom stereocenters. The molecule has 3 aromatic rings. The third kappa shape index (κ3) is 5.88. The highest BCUT2D eigenvalue weighted by atomic mass is 32.2. The van der Waals surface area contributed by atoms with Crippen molar-refractivity contribution in [3.05, 3.63) is 51.7 Å². The summed E-state index contributed by atoms with van der Waals surface area (Å²) in [5.41, 5.74) is 3.09. The average Bonchev–Trinajstić information content (AvgIpc) is 3.34. The van der Waals surface area contributed by atoms with Crippen molar-refractivity contribution in [2.75, 3.05) is 11.1 Å². The number of thiophene rings is 1. The van der Waals surface area contributed by atoms with Crippen LogP contribution in [0.1, 0.15) is 61.5 Å². The summed E-state index contributed by atoms with van der Waals surface area (Å²) in [5.74, 6) is 2.10. The predicted molar refractivity (Wildman–Crippen MR) is 140 cm³/mol. The molecule has 7 nitrogen and oxygen atoms in total. The van der Waals surface area contributed by atoms with Crippen LogP contribution in [0.15, 0.2) is 29.4 Å². The van der Waals surface area contributed by atoms with Gasteiger partial charge in [0, 0.05) is 11.9 Å². The minimum atomic E-state index is -0.155. The van der Waals surface area contributed by atoms with Gasteiger partial charge >= 0.3 is 0 Å². The summed E-state index contributed by atoms with van der Waals surface area (Å²) in [7, 11) is 1.86. The lowest BCUT2D eigenvalue weighted by atomic mass is 9.87. The fourth-order valence-electron chi connectivity index (χ4n) is 4.05. The zero-order chi connectivity index (χ0) is 25.2. The second kappa shape index (κ2) is 10.4. The SMILES string of the molecule is CC1CCc2c(sc(NC(=O)CSc3nnc(COc4ccc(C(C)(C)C)cc4)n3C)c2C#N)C1. The van der Waals surface area contributed by atoms with Crippen LogP contribution < -0.4 is 10.1 Å². The number of nitrogens with one attached hydrogen (secondary N) is 1. The van der Waals surface area contributed by atoms with E-state index in [1.165, 1.54) is 22.2 Å². The highest BCUT2D eigenvalue weighted by Gasteiger charge is 2.25. The number of nitrogens with zero attached hydrogens (tertiary/aromatic N) is 4. The van der Waals surface area contributed by atoms with E-state index in [9.17, 15) is 10.1 Å². The number of hydrogen-bond donors (Lipinski definition) is 1. The van der Waals surface area contributed by atoms with E-state index >= 15 is 0 Å². The highest BCUT2D eigenvalue weighted by molar-refractivity contribution is 7.99. The molecule has 0 saturated heterocycles. The van der Waals surface area contributed by atoms with Gasteiger partial charge in [-0.25, -0.2) is 0 Å². The topological polar surface area (TPSA) is 92.8 Å². The van der Waals surface area contributed by atoms with E-state index in [2.05, 4.69) is 61.4 Å². The van der Waals surface area contributed by atoms with Crippen molar-refractivity contribution in [3.63, 3.8) is 0 Å². The van der Waals surface area contributed by atoms with Gasteiger partial charge in [0.05, 0.1) is 11.3 Å². The molecule has 2 aromatic heterocycles. The number of rotatable bonds is 7. The number of nitriles is 1. The number of amides is 1. The Hall–Kier alpha value is -2.83. The van der Waals surface area contributed by atoms with E-state index < -0.39 is 0 Å². The van der Waals surface area contributed by atoms with Gasteiger partial charge in [0.1, 0.15) is 23.4 Å². The second-order valence-electron chi connectivity index (χ2n) is 10.0. The minimum Gasteiger partial charge on any atom is -0.486 e. The van der Waals surface area contributed by atoms with Crippen LogP contribution in [0, 0.1) is 17.2 Å². The van der Waals surface area contributed by atoms with Gasteiger partial charge in [0.2, 0.25) is 5.91 Å². The molecule has 0 spiro atoms. The summed E-state index contributed by atoms with van der Waals surface area (Å²) in [6.45, 7) is 9.05. The van der Waals surface area contributed by atoms with E-state index in [0.717, 1.165) is 30.6 Å². The van der Waals surface area contributed by atoms with Crippen molar-refractivity contribution in [3.8, 4) is 11.8 Å². The Labute approximate surface area is 214 Å². The predicted octanol–water partition coefficient (Wildman–Crippen LogP) is 5.48. The van der Waals surface area contributed by atoms with Crippen molar-refractivity contribution in [2.24, 2.45) is 13.0 Å². The number of fused-ring (bicyclic) bond motifs is 1. The van der Waals surface area contributed by atoms with Crippen LogP contribution in [0.25, 0.3) is 0 Å². The number of aromatic nitrogens is 3. The number of ether oxygens (including phenoxy) is 1. The minimum absolute atomic E-state index is 0.0954. The van der Waals surface area contributed by atoms with Gasteiger partial charge in [0.25, 0.3) is 0 Å². The smallest absolute Gasteiger partial charge is 0.235 e. The lowest BCUT2D eigenvalue weighted by Gasteiger charge is -2.19. The first kappa shape index (κ1) is 25.3. The van der Waals surface area contributed by atoms with Crippen molar-refractivity contribution < 1.29 is 9.53 Å². The molecule has 1 unspecified atom stereocenters. The van der Waals surface area contributed by atoms with E-state index in [0.29, 0.717) is 27.5 Å². The molecular formula is C26H31N5O2S2. The number of hydrogen-bond acceptors (Lipinski definition) is 7. The van der Waals surface area contributed by atoms with Crippen molar-refractivity contribution in [1.29, 1.82) is 5.26 Å². The Morgan fingerprint density at radius 1 is 1.31 bits per heavy atom. The Balaban J connectivity index is 1.32. The maximum Gasteiger partial charge on any atom is 0.235 e. The molecule has 2 heterocycles. The third-order valence-electron chi connectivity index (χ3n) is 6.22. The normalized spacial score (nSPS) is 15.4. The van der Waals surface area contributed by atoms with Crippen LogP contribution in [0.4, 0.5) is 5.00 Å². The molecule has 1 aliphatic carbocycles. The average molecular weight is 510 g/mol. The van der Waals surface area contributed by atoms with Crippen LogP contribution in [0.5, 0.6) is 5.75 Å². The highest BCUT2D eigenvalue weighted by Crippen LogP contribution is 2.39. The Bertz CT molecular complexity index is 1250. The van der Waals surface area contributed by atoms with Gasteiger partial charge in [-0.05, 0) is 53.9 Å². The first-order valence-corrected chi connectivity index (χ1v) is 13.5. The van der Waals surface area contributed by atoms with Crippen LogP contribution in [0.3, 0.4) is 0 Å². The second-order valence-corrected chi connectivity index (χ2v) is 12.1. The van der Waals surface area contributed by atoms with Crippen LogP contribution in [0.2, 0.25) is 0 Å². The molecule has 1 N–H and O–H groups in total. The maximum atomic E-state index is 12.6. The zero-order valence-electron chi connectivity index (χ0n) is 20.8. The molecule has 4 rings (SSSR count). The number of benzene rings is 1. The molecule has 9 heteroatoms. The monoisotopic (exact) mass is 509 g/mol. The molecule has 0 saturated carbocycles. The summed E-state index contributed by atoms with van der Waals surface area (Å²) in [6.07, 6.45) is 2.97. The number of anilines is 1. The quantitative estimate of drug-likeness (QED) is 0.424. The summed E-state index contributed by atoms with van der Waals surface area (Å²) in [6, 6.07) is 10.4.